The van der Waals surface area contributed by atoms with Crippen LogP contribution in [0, 0.1) is 11.6 Å². The number of aliphatic imine (C=N–C) groups is 1. The first kappa shape index (κ1) is 18.8. The molecule has 0 bridgehead atoms. The van der Waals surface area contributed by atoms with Gasteiger partial charge in [-0.25, -0.2) is 13.8 Å². The fourth-order valence-corrected chi connectivity index (χ4v) is 2.07. The molecule has 0 saturated carbocycles. The predicted octanol–water partition coefficient (Wildman–Crippen LogP) is 2.47. The summed E-state index contributed by atoms with van der Waals surface area (Å²) in [7, 11) is 0.908. The van der Waals surface area contributed by atoms with Crippen molar-refractivity contribution in [3.05, 3.63) is 35.0 Å². The van der Waals surface area contributed by atoms with Crippen LogP contribution in [0.5, 0.6) is 5.75 Å². The number of likely N-dealkylation sites (N-methyl/N-ethyl adjacent to an activating group) is 1. The Hall–Kier alpha value is -2.49. The lowest BCUT2D eigenvalue weighted by atomic mass is 10.1. The maximum Gasteiger partial charge on any atom is 0.449 e. The molecule has 1 aliphatic rings. The van der Waals surface area contributed by atoms with Crippen molar-refractivity contribution in [2.75, 3.05) is 20.2 Å². The number of amidine groups is 1. The SMILES string of the molecule is CN1C(=O)C(=Cc2cc(F)c(OCCCN)c(F)c2)N=C1C(F)(F)F. The lowest BCUT2D eigenvalue weighted by Gasteiger charge is -2.13. The number of carbonyl (C=O) groups excluding carboxylic acids is 1. The average molecular weight is 363 g/mol. The monoisotopic (exact) mass is 363 g/mol. The number of benzene rings is 1. The Morgan fingerprint density at radius 2 is 1.88 bits per heavy atom. The third-order valence-electron chi connectivity index (χ3n) is 3.24. The van der Waals surface area contributed by atoms with E-state index in [0.717, 1.165) is 25.3 Å². The predicted molar refractivity (Wildman–Crippen MR) is 79.8 cm³/mol. The molecular formula is C15H14F5N3O2. The molecule has 0 aliphatic carbocycles. The van der Waals surface area contributed by atoms with E-state index in [1.165, 1.54) is 0 Å². The van der Waals surface area contributed by atoms with Crippen LogP contribution in [0.15, 0.2) is 22.8 Å². The fraction of sp³-hybridized carbons (Fsp3) is 0.333. The van der Waals surface area contributed by atoms with Crippen molar-refractivity contribution in [1.29, 1.82) is 0 Å². The zero-order valence-electron chi connectivity index (χ0n) is 13.0. The van der Waals surface area contributed by atoms with E-state index in [9.17, 15) is 26.7 Å². The van der Waals surface area contributed by atoms with E-state index in [2.05, 4.69) is 4.99 Å². The van der Waals surface area contributed by atoms with Gasteiger partial charge in [0, 0.05) is 7.05 Å². The number of carbonyl (C=O) groups is 1. The quantitative estimate of drug-likeness (QED) is 0.496. The maximum atomic E-state index is 13.9. The Bertz CT molecular complexity index is 720. The smallest absolute Gasteiger partial charge is 0.449 e. The zero-order valence-corrected chi connectivity index (χ0v) is 13.0. The minimum absolute atomic E-state index is 0.00723. The van der Waals surface area contributed by atoms with E-state index in [0.29, 0.717) is 11.3 Å². The number of alkyl halides is 3. The number of hydrogen-bond acceptors (Lipinski definition) is 4. The van der Waals surface area contributed by atoms with Gasteiger partial charge >= 0.3 is 6.18 Å². The van der Waals surface area contributed by atoms with Crippen molar-refractivity contribution in [3.8, 4) is 5.75 Å². The molecule has 1 aliphatic heterocycles. The van der Waals surface area contributed by atoms with Gasteiger partial charge in [0.15, 0.2) is 17.4 Å². The number of nitrogens with two attached hydrogens (primary N) is 1. The number of amides is 1. The van der Waals surface area contributed by atoms with E-state index in [4.69, 9.17) is 10.5 Å². The lowest BCUT2D eigenvalue weighted by Crippen LogP contribution is -2.37. The van der Waals surface area contributed by atoms with Crippen molar-refractivity contribution in [2.45, 2.75) is 12.6 Å². The van der Waals surface area contributed by atoms with Crippen LogP contribution in [0.25, 0.3) is 6.08 Å². The topological polar surface area (TPSA) is 67.9 Å². The molecule has 0 spiro atoms. The summed E-state index contributed by atoms with van der Waals surface area (Å²) in [5, 5.41) is 0. The first-order valence-corrected chi connectivity index (χ1v) is 7.12. The molecule has 0 fully saturated rings. The van der Waals surface area contributed by atoms with Crippen LogP contribution in [0.4, 0.5) is 22.0 Å². The Kier molecular flexibility index (Phi) is 5.41. The molecular weight excluding hydrogens is 349 g/mol. The second-order valence-electron chi connectivity index (χ2n) is 5.13. The van der Waals surface area contributed by atoms with Crippen molar-refractivity contribution in [1.82, 2.24) is 4.90 Å². The van der Waals surface area contributed by atoms with Gasteiger partial charge in [0.05, 0.1) is 6.61 Å². The molecule has 25 heavy (non-hydrogen) atoms. The fourth-order valence-electron chi connectivity index (χ4n) is 2.07. The van der Waals surface area contributed by atoms with Gasteiger partial charge in [-0.05, 0) is 36.7 Å². The molecule has 1 amide bonds. The summed E-state index contributed by atoms with van der Waals surface area (Å²) >= 11 is 0. The molecule has 0 saturated heterocycles. The van der Waals surface area contributed by atoms with E-state index in [-0.39, 0.29) is 18.7 Å². The van der Waals surface area contributed by atoms with Gasteiger partial charge in [-0.1, -0.05) is 0 Å². The van der Waals surface area contributed by atoms with Gasteiger partial charge in [0.1, 0.15) is 5.70 Å². The molecule has 2 N–H and O–H groups in total. The summed E-state index contributed by atoms with van der Waals surface area (Å²) in [6, 6.07) is 1.67. The average Bonchev–Trinajstić information content (AvgIpc) is 2.78. The van der Waals surface area contributed by atoms with Gasteiger partial charge in [0.25, 0.3) is 5.91 Å². The molecule has 1 aromatic carbocycles. The van der Waals surface area contributed by atoms with Crippen LogP contribution in [-0.4, -0.2) is 43.0 Å². The third-order valence-corrected chi connectivity index (χ3v) is 3.24. The van der Waals surface area contributed by atoms with Crippen molar-refractivity contribution in [3.63, 3.8) is 0 Å². The highest BCUT2D eigenvalue weighted by atomic mass is 19.4. The van der Waals surface area contributed by atoms with Gasteiger partial charge in [0.2, 0.25) is 5.84 Å². The Morgan fingerprint density at radius 3 is 2.36 bits per heavy atom. The number of nitrogens with zero attached hydrogens (tertiary/aromatic N) is 2. The first-order valence-electron chi connectivity index (χ1n) is 7.12. The van der Waals surface area contributed by atoms with Crippen LogP contribution in [-0.2, 0) is 4.79 Å². The molecule has 0 aromatic heterocycles. The Labute approximate surface area is 139 Å². The van der Waals surface area contributed by atoms with Crippen molar-refractivity contribution < 1.29 is 31.5 Å². The van der Waals surface area contributed by atoms with Crippen LogP contribution in [0.1, 0.15) is 12.0 Å². The molecule has 136 valence electrons. The number of halogens is 5. The first-order chi connectivity index (χ1) is 11.6. The standard InChI is InChI=1S/C15H14F5N3O2/c1-23-13(24)11(22-14(23)15(18,19)20)7-8-5-9(16)12(10(17)6-8)25-4-2-3-21/h5-7H,2-4,21H2,1H3. The van der Waals surface area contributed by atoms with Crippen LogP contribution >= 0.6 is 0 Å². The van der Waals surface area contributed by atoms with Crippen molar-refractivity contribution in [2.24, 2.45) is 10.7 Å². The summed E-state index contributed by atoms with van der Waals surface area (Å²) in [5.74, 6) is -5.15. The second kappa shape index (κ2) is 7.18. The lowest BCUT2D eigenvalue weighted by molar-refractivity contribution is -0.124. The van der Waals surface area contributed by atoms with Crippen LogP contribution in [0.3, 0.4) is 0 Å². The highest BCUT2D eigenvalue weighted by Gasteiger charge is 2.45. The molecule has 0 radical (unpaired) electrons. The number of hydrogen-bond donors (Lipinski definition) is 1. The van der Waals surface area contributed by atoms with E-state index >= 15 is 0 Å². The molecule has 0 atom stereocenters. The minimum atomic E-state index is -4.82. The van der Waals surface area contributed by atoms with Gasteiger partial charge in [-0.2, -0.15) is 13.2 Å². The summed E-state index contributed by atoms with van der Waals surface area (Å²) < 4.78 is 70.9. The van der Waals surface area contributed by atoms with Gasteiger partial charge in [-0.15, -0.1) is 0 Å². The summed E-state index contributed by atoms with van der Waals surface area (Å²) in [5.41, 5.74) is 4.51. The van der Waals surface area contributed by atoms with Gasteiger partial charge in [-0.3, -0.25) is 9.69 Å². The maximum absolute atomic E-state index is 13.9. The van der Waals surface area contributed by atoms with Gasteiger partial charge < -0.3 is 10.5 Å². The normalized spacial score (nSPS) is 16.6. The second-order valence-corrected chi connectivity index (χ2v) is 5.13. The van der Waals surface area contributed by atoms with Crippen LogP contribution in [0.2, 0.25) is 0 Å². The molecule has 2 rings (SSSR count). The molecule has 5 nitrogen and oxygen atoms in total. The van der Waals surface area contributed by atoms with E-state index in [1.807, 2.05) is 0 Å². The highest BCUT2D eigenvalue weighted by molar-refractivity contribution is 6.15. The van der Waals surface area contributed by atoms with E-state index < -0.39 is 41.0 Å². The summed E-state index contributed by atoms with van der Waals surface area (Å²) in [6.07, 6.45) is -3.56. The molecule has 10 heteroatoms. The Balaban J connectivity index is 2.32. The van der Waals surface area contributed by atoms with Crippen LogP contribution < -0.4 is 10.5 Å². The largest absolute Gasteiger partial charge is 0.488 e. The molecule has 1 aromatic rings. The molecule has 0 unspecified atom stereocenters. The summed E-state index contributed by atoms with van der Waals surface area (Å²) in [4.78, 5) is 15.3. The van der Waals surface area contributed by atoms with Crippen molar-refractivity contribution >= 4 is 17.8 Å². The Morgan fingerprint density at radius 1 is 1.28 bits per heavy atom. The highest BCUT2D eigenvalue weighted by Crippen LogP contribution is 2.29. The zero-order chi connectivity index (χ0) is 18.8. The van der Waals surface area contributed by atoms with E-state index in [1.54, 1.807) is 0 Å². The third kappa shape index (κ3) is 4.13. The number of rotatable bonds is 5. The summed E-state index contributed by atoms with van der Waals surface area (Å²) in [6.45, 7) is 0.288. The number of ether oxygens (including phenoxy) is 1. The minimum Gasteiger partial charge on any atom is -0.488 e. The molecule has 1 heterocycles.